The zero-order valence-corrected chi connectivity index (χ0v) is 9.01. The van der Waals surface area contributed by atoms with Gasteiger partial charge in [0.2, 0.25) is 0 Å². The van der Waals surface area contributed by atoms with E-state index in [1.54, 1.807) is 0 Å². The molecule has 0 aliphatic carbocycles. The standard InChI is InChI=1S/C6H11NSi2/c7-5-3-1-2-4-6(5)9-8/h1-4H,7,9H2,8H3. The van der Waals surface area contributed by atoms with Gasteiger partial charge in [0.15, 0.2) is 0 Å². The van der Waals surface area contributed by atoms with Crippen LogP contribution in [0.15, 0.2) is 24.3 Å². The number of rotatable bonds is 1. The molecule has 0 aliphatic rings. The molecule has 0 heterocycles. The SMILES string of the molecule is Nc1ccccc1[SiH2][SiH3]. The maximum atomic E-state index is 5.69. The van der Waals surface area contributed by atoms with Gasteiger partial charge in [-0.1, -0.05) is 18.2 Å². The van der Waals surface area contributed by atoms with Crippen LogP contribution in [0.2, 0.25) is 0 Å². The van der Waals surface area contributed by atoms with Gasteiger partial charge in [-0.2, -0.15) is 0 Å². The first kappa shape index (κ1) is 6.57. The summed E-state index contributed by atoms with van der Waals surface area (Å²) < 4.78 is 0. The first-order valence-electron chi connectivity index (χ1n) is 3.18. The number of nitrogens with two attached hydrogens (primary N) is 1. The van der Waals surface area contributed by atoms with Gasteiger partial charge in [-0.05, 0) is 21.0 Å². The fraction of sp³-hybridized carbons (Fsp3) is 0. The van der Waals surface area contributed by atoms with Gasteiger partial charge in [-0.15, -0.1) is 0 Å². The highest BCUT2D eigenvalue weighted by Gasteiger charge is 1.90. The Morgan fingerprint density at radius 2 is 2.00 bits per heavy atom. The van der Waals surface area contributed by atoms with Crippen LogP contribution in [0.3, 0.4) is 0 Å². The highest BCUT2D eigenvalue weighted by atomic mass is 29.1. The van der Waals surface area contributed by atoms with Crippen LogP contribution in [0.5, 0.6) is 0 Å². The van der Waals surface area contributed by atoms with Crippen molar-refractivity contribution in [2.75, 3.05) is 5.73 Å². The van der Waals surface area contributed by atoms with Crippen molar-refractivity contribution in [2.45, 2.75) is 0 Å². The minimum atomic E-state index is 0.0762. The summed E-state index contributed by atoms with van der Waals surface area (Å²) in [5, 5.41) is 1.43. The van der Waals surface area contributed by atoms with Crippen molar-refractivity contribution in [3.05, 3.63) is 24.3 Å². The predicted molar refractivity (Wildman–Crippen MR) is 49.0 cm³/mol. The Morgan fingerprint density at radius 1 is 1.33 bits per heavy atom. The second-order valence-corrected chi connectivity index (χ2v) is 5.64. The van der Waals surface area contributed by atoms with Crippen molar-refractivity contribution in [3.8, 4) is 0 Å². The van der Waals surface area contributed by atoms with Crippen LogP contribution in [0.25, 0.3) is 0 Å². The summed E-state index contributed by atoms with van der Waals surface area (Å²) in [6.45, 7) is 0. The molecule has 0 saturated carbocycles. The van der Waals surface area contributed by atoms with Crippen molar-refractivity contribution >= 4 is 29.7 Å². The van der Waals surface area contributed by atoms with Crippen LogP contribution < -0.4 is 10.9 Å². The van der Waals surface area contributed by atoms with Gasteiger partial charge in [0.1, 0.15) is 0 Å². The molecule has 1 aromatic carbocycles. The first-order valence-corrected chi connectivity index (χ1v) is 9.54. The number of benzene rings is 1. The van der Waals surface area contributed by atoms with Crippen LogP contribution in [0.4, 0.5) is 5.69 Å². The molecule has 3 heteroatoms. The van der Waals surface area contributed by atoms with E-state index in [0.717, 1.165) is 5.69 Å². The Kier molecular flexibility index (Phi) is 2.07. The van der Waals surface area contributed by atoms with Crippen LogP contribution in [0.1, 0.15) is 0 Å². The van der Waals surface area contributed by atoms with Crippen molar-refractivity contribution < 1.29 is 0 Å². The summed E-state index contributed by atoms with van der Waals surface area (Å²) in [7, 11) is 1.41. The van der Waals surface area contributed by atoms with Crippen molar-refractivity contribution in [3.63, 3.8) is 0 Å². The summed E-state index contributed by atoms with van der Waals surface area (Å²) in [5.41, 5.74) is 6.69. The van der Waals surface area contributed by atoms with Crippen molar-refractivity contribution in [2.24, 2.45) is 0 Å². The molecular weight excluding hydrogens is 142 g/mol. The Labute approximate surface area is 60.3 Å². The summed E-state index contributed by atoms with van der Waals surface area (Å²) in [6.07, 6.45) is 0. The van der Waals surface area contributed by atoms with E-state index in [1.165, 1.54) is 14.9 Å². The summed E-state index contributed by atoms with van der Waals surface area (Å²) >= 11 is 0. The van der Waals surface area contributed by atoms with Crippen molar-refractivity contribution in [1.82, 2.24) is 0 Å². The average molecular weight is 153 g/mol. The lowest BCUT2D eigenvalue weighted by molar-refractivity contribution is 1.74. The fourth-order valence-electron chi connectivity index (χ4n) is 0.856. The number of hydrogen-bond acceptors (Lipinski definition) is 1. The normalized spacial score (nSPS) is 11.1. The van der Waals surface area contributed by atoms with Gasteiger partial charge in [-0.3, -0.25) is 0 Å². The molecular formula is C6H11NSi2. The molecule has 0 unspecified atom stereocenters. The fourth-order valence-corrected chi connectivity index (χ4v) is 3.69. The molecule has 0 aromatic heterocycles. The molecule has 0 aliphatic heterocycles. The predicted octanol–water partition coefficient (Wildman–Crippen LogP) is -1.66. The molecule has 0 spiro atoms. The van der Waals surface area contributed by atoms with Gasteiger partial charge in [0.05, 0.1) is 0 Å². The van der Waals surface area contributed by atoms with Crippen LogP contribution >= 0.6 is 0 Å². The van der Waals surface area contributed by atoms with E-state index in [2.05, 4.69) is 12.1 Å². The summed E-state index contributed by atoms with van der Waals surface area (Å²) in [6, 6.07) is 8.19. The zero-order chi connectivity index (χ0) is 6.69. The molecule has 2 N–H and O–H groups in total. The average Bonchev–Trinajstić information content (AvgIpc) is 1.89. The van der Waals surface area contributed by atoms with E-state index < -0.39 is 0 Å². The maximum absolute atomic E-state index is 5.69. The quantitative estimate of drug-likeness (QED) is 0.379. The number of nitrogen functional groups attached to an aromatic ring is 1. The van der Waals surface area contributed by atoms with Gasteiger partial charge in [-0.25, -0.2) is 0 Å². The van der Waals surface area contributed by atoms with E-state index in [-0.39, 0.29) is 9.04 Å². The van der Waals surface area contributed by atoms with E-state index in [1.807, 2.05) is 12.1 Å². The van der Waals surface area contributed by atoms with E-state index in [0.29, 0.717) is 0 Å². The third kappa shape index (κ3) is 1.43. The monoisotopic (exact) mass is 153 g/mol. The molecule has 0 radical (unpaired) electrons. The van der Waals surface area contributed by atoms with Crippen LogP contribution in [-0.4, -0.2) is 18.8 Å². The lowest BCUT2D eigenvalue weighted by Gasteiger charge is -1.98. The highest BCUT2D eigenvalue weighted by molar-refractivity contribution is 6.98. The van der Waals surface area contributed by atoms with Gasteiger partial charge < -0.3 is 5.73 Å². The topological polar surface area (TPSA) is 26.0 Å². The molecule has 0 bridgehead atoms. The molecule has 0 atom stereocenters. The third-order valence-electron chi connectivity index (χ3n) is 1.44. The Balaban J connectivity index is 3.01. The molecule has 0 amide bonds. The molecule has 0 fully saturated rings. The Bertz CT molecular complexity index is 200. The van der Waals surface area contributed by atoms with Gasteiger partial charge >= 0.3 is 0 Å². The molecule has 0 saturated heterocycles. The first-order chi connectivity index (χ1) is 4.34. The lowest BCUT2D eigenvalue weighted by Crippen LogP contribution is -2.17. The van der Waals surface area contributed by atoms with Crippen LogP contribution in [-0.2, 0) is 0 Å². The minimum absolute atomic E-state index is 0.0762. The molecule has 1 aromatic rings. The molecule has 48 valence electrons. The number of hydrogen-bond donors (Lipinski definition) is 1. The maximum Gasteiger partial charge on any atom is 0.0411 e. The second-order valence-electron chi connectivity index (χ2n) is 2.05. The van der Waals surface area contributed by atoms with E-state index >= 15 is 0 Å². The smallest absolute Gasteiger partial charge is 0.0411 e. The second kappa shape index (κ2) is 2.84. The van der Waals surface area contributed by atoms with E-state index in [9.17, 15) is 0 Å². The molecule has 1 rings (SSSR count). The zero-order valence-electron chi connectivity index (χ0n) is 5.59. The van der Waals surface area contributed by atoms with Gasteiger partial charge in [0.25, 0.3) is 0 Å². The highest BCUT2D eigenvalue weighted by Crippen LogP contribution is 1.93. The van der Waals surface area contributed by atoms with E-state index in [4.69, 9.17) is 5.73 Å². The third-order valence-corrected chi connectivity index (χ3v) is 5.13. The van der Waals surface area contributed by atoms with Crippen LogP contribution in [0, 0.1) is 0 Å². The summed E-state index contributed by atoms with van der Waals surface area (Å²) in [4.78, 5) is 0. The molecule has 9 heavy (non-hydrogen) atoms. The number of para-hydroxylation sites is 1. The van der Waals surface area contributed by atoms with Gasteiger partial charge in [0, 0.05) is 14.7 Å². The number of anilines is 1. The molecule has 1 nitrogen and oxygen atoms in total. The summed E-state index contributed by atoms with van der Waals surface area (Å²) in [5.74, 6) is 0. The largest absolute Gasteiger partial charge is 0.399 e. The Morgan fingerprint density at radius 3 is 2.44 bits per heavy atom. The lowest BCUT2D eigenvalue weighted by atomic mass is 10.3. The van der Waals surface area contributed by atoms with Crippen molar-refractivity contribution in [1.29, 1.82) is 0 Å². The Hall–Kier alpha value is -0.546. The minimum Gasteiger partial charge on any atom is -0.399 e.